The summed E-state index contributed by atoms with van der Waals surface area (Å²) in [7, 11) is 2.10. The molecule has 0 spiro atoms. The summed E-state index contributed by atoms with van der Waals surface area (Å²) in [5.74, 6) is 1.27. The quantitative estimate of drug-likeness (QED) is 0.0344. The number of hydrogen-bond acceptors (Lipinski definition) is 7. The summed E-state index contributed by atoms with van der Waals surface area (Å²) < 4.78 is 17.1. The zero-order valence-electron chi connectivity index (χ0n) is 39.7. The Morgan fingerprint density at radius 3 is 1.14 bits per heavy atom. The first-order valence-electron chi connectivity index (χ1n) is 25.5. The molecule has 7 nitrogen and oxygen atoms in total. The lowest BCUT2D eigenvalue weighted by Gasteiger charge is -2.17. The molecule has 0 rings (SSSR count). The van der Waals surface area contributed by atoms with Crippen LogP contribution in [0.5, 0.6) is 0 Å². The Balaban J connectivity index is 4.38. The molecule has 0 N–H and O–H groups in total. The maximum absolute atomic E-state index is 13.1. The number of carbonyl (C=O) groups excluding carboxylic acids is 3. The van der Waals surface area contributed by atoms with E-state index in [1.165, 1.54) is 103 Å². The summed E-state index contributed by atoms with van der Waals surface area (Å²) in [6.07, 6.45) is 37.7. The van der Waals surface area contributed by atoms with Gasteiger partial charge in [0, 0.05) is 19.4 Å². The molecule has 0 bridgehead atoms. The van der Waals surface area contributed by atoms with Crippen LogP contribution in [0.1, 0.15) is 253 Å². The molecule has 58 heavy (non-hydrogen) atoms. The highest BCUT2D eigenvalue weighted by Gasteiger charge is 2.20. The van der Waals surface area contributed by atoms with Crippen LogP contribution in [0.3, 0.4) is 0 Å². The summed E-state index contributed by atoms with van der Waals surface area (Å²) >= 11 is 0. The van der Waals surface area contributed by atoms with E-state index in [4.69, 9.17) is 14.2 Å². The van der Waals surface area contributed by atoms with Crippen LogP contribution < -0.4 is 0 Å². The minimum Gasteiger partial charge on any atom is -0.466 e. The fraction of sp³-hybridized carbons (Fsp3) is 0.941. The molecule has 1 atom stereocenters. The molecule has 7 heteroatoms. The van der Waals surface area contributed by atoms with Crippen LogP contribution >= 0.6 is 0 Å². The van der Waals surface area contributed by atoms with Gasteiger partial charge in [0.05, 0.1) is 25.7 Å². The Hall–Kier alpha value is -1.63. The molecule has 0 aliphatic rings. The normalized spacial score (nSPS) is 12.2. The molecular formula is C51H99NO6. The van der Waals surface area contributed by atoms with Gasteiger partial charge in [-0.3, -0.25) is 14.4 Å². The van der Waals surface area contributed by atoms with Gasteiger partial charge in [-0.05, 0) is 70.4 Å². The van der Waals surface area contributed by atoms with E-state index in [-0.39, 0.29) is 23.8 Å². The van der Waals surface area contributed by atoms with Crippen molar-refractivity contribution in [3.8, 4) is 0 Å². The smallest absolute Gasteiger partial charge is 0.308 e. The minimum absolute atomic E-state index is 0.0217. The molecule has 0 aromatic heterocycles. The zero-order valence-corrected chi connectivity index (χ0v) is 39.7. The highest BCUT2D eigenvalue weighted by molar-refractivity contribution is 5.72. The molecule has 0 saturated carbocycles. The molecular weight excluding hydrogens is 723 g/mol. The number of rotatable bonds is 45. The van der Waals surface area contributed by atoms with E-state index in [0.29, 0.717) is 44.5 Å². The fourth-order valence-corrected chi connectivity index (χ4v) is 8.14. The van der Waals surface area contributed by atoms with Gasteiger partial charge in [-0.2, -0.15) is 0 Å². The minimum atomic E-state index is -0.0406. The third kappa shape index (κ3) is 37.4. The van der Waals surface area contributed by atoms with Crippen LogP contribution in [0.15, 0.2) is 0 Å². The van der Waals surface area contributed by atoms with Gasteiger partial charge in [0.25, 0.3) is 0 Å². The van der Waals surface area contributed by atoms with Crippen molar-refractivity contribution < 1.29 is 28.6 Å². The Labute approximate surface area is 361 Å². The molecule has 0 fully saturated rings. The second-order valence-electron chi connectivity index (χ2n) is 17.8. The predicted molar refractivity (Wildman–Crippen MR) is 246 cm³/mol. The van der Waals surface area contributed by atoms with E-state index >= 15 is 0 Å². The SMILES string of the molecule is CCCCCC(CCCCC)CCOC(=O)CCCCCCCCC(CCCCCCCC(=O)OCCC(CCCCC)CCCCC)C(=O)OCCCN(C)CC. The van der Waals surface area contributed by atoms with Gasteiger partial charge >= 0.3 is 17.9 Å². The van der Waals surface area contributed by atoms with Gasteiger partial charge in [-0.15, -0.1) is 0 Å². The van der Waals surface area contributed by atoms with Gasteiger partial charge in [-0.1, -0.05) is 195 Å². The van der Waals surface area contributed by atoms with Crippen molar-refractivity contribution in [2.75, 3.05) is 40.0 Å². The van der Waals surface area contributed by atoms with Crippen molar-refractivity contribution in [2.24, 2.45) is 17.8 Å². The largest absolute Gasteiger partial charge is 0.466 e. The summed E-state index contributed by atoms with van der Waals surface area (Å²) in [6.45, 7) is 14.8. The topological polar surface area (TPSA) is 82.1 Å². The monoisotopic (exact) mass is 822 g/mol. The zero-order chi connectivity index (χ0) is 42.7. The molecule has 0 amide bonds. The van der Waals surface area contributed by atoms with E-state index in [1.54, 1.807) is 0 Å². The molecule has 1 unspecified atom stereocenters. The second-order valence-corrected chi connectivity index (χ2v) is 17.8. The van der Waals surface area contributed by atoms with Crippen molar-refractivity contribution in [1.29, 1.82) is 0 Å². The van der Waals surface area contributed by atoms with Gasteiger partial charge in [0.2, 0.25) is 0 Å². The molecule has 0 aliphatic carbocycles. The Kier molecular flexibility index (Phi) is 42.2. The summed E-state index contributed by atoms with van der Waals surface area (Å²) in [5, 5.41) is 0. The molecule has 0 saturated heterocycles. The van der Waals surface area contributed by atoms with E-state index in [0.717, 1.165) is 116 Å². The van der Waals surface area contributed by atoms with Crippen molar-refractivity contribution in [3.05, 3.63) is 0 Å². The van der Waals surface area contributed by atoms with Crippen LogP contribution in [-0.4, -0.2) is 62.8 Å². The van der Waals surface area contributed by atoms with Crippen LogP contribution in [0.2, 0.25) is 0 Å². The lowest BCUT2D eigenvalue weighted by molar-refractivity contribution is -0.149. The molecule has 0 aromatic rings. The van der Waals surface area contributed by atoms with Crippen molar-refractivity contribution in [1.82, 2.24) is 4.90 Å². The first kappa shape index (κ1) is 56.4. The number of unbranched alkanes of at least 4 members (excludes halogenated alkanes) is 17. The van der Waals surface area contributed by atoms with E-state index < -0.39 is 0 Å². The van der Waals surface area contributed by atoms with Crippen LogP contribution in [-0.2, 0) is 28.6 Å². The average Bonchev–Trinajstić information content (AvgIpc) is 3.21. The molecule has 0 heterocycles. The Morgan fingerprint density at radius 1 is 0.397 bits per heavy atom. The first-order valence-corrected chi connectivity index (χ1v) is 25.5. The van der Waals surface area contributed by atoms with Crippen molar-refractivity contribution in [2.45, 2.75) is 253 Å². The number of ether oxygens (including phenoxy) is 3. The maximum Gasteiger partial charge on any atom is 0.308 e. The fourth-order valence-electron chi connectivity index (χ4n) is 8.14. The number of nitrogens with zero attached hydrogens (tertiary/aromatic N) is 1. The summed E-state index contributed by atoms with van der Waals surface area (Å²) in [4.78, 5) is 40.2. The molecule has 0 aliphatic heterocycles. The Morgan fingerprint density at radius 2 is 0.759 bits per heavy atom. The number of esters is 3. The lowest BCUT2D eigenvalue weighted by atomic mass is 9.92. The van der Waals surface area contributed by atoms with Gasteiger partial charge in [-0.25, -0.2) is 0 Å². The highest BCUT2D eigenvalue weighted by Crippen LogP contribution is 2.24. The third-order valence-corrected chi connectivity index (χ3v) is 12.4. The maximum atomic E-state index is 13.1. The van der Waals surface area contributed by atoms with Crippen molar-refractivity contribution >= 4 is 17.9 Å². The van der Waals surface area contributed by atoms with Gasteiger partial charge in [0.15, 0.2) is 0 Å². The van der Waals surface area contributed by atoms with Gasteiger partial charge < -0.3 is 19.1 Å². The van der Waals surface area contributed by atoms with E-state index in [9.17, 15) is 14.4 Å². The van der Waals surface area contributed by atoms with Gasteiger partial charge in [0.1, 0.15) is 0 Å². The standard InChI is InChI=1S/C51H99NO6/c1-7-12-23-32-46(33-24-13-8-2)40-44-56-49(53)38-29-21-17-16-19-27-36-48(51(55)58-43-31-42-52(6)11-5)37-28-20-18-22-30-39-50(54)57-45-41-47(34-25-14-9-3)35-26-15-10-4/h46-48H,7-45H2,1-6H3. The number of carbonyl (C=O) groups is 3. The Bertz CT molecular complexity index is 891. The summed E-state index contributed by atoms with van der Waals surface area (Å²) in [5.41, 5.74) is 0. The lowest BCUT2D eigenvalue weighted by Crippen LogP contribution is -2.23. The molecule has 344 valence electrons. The highest BCUT2D eigenvalue weighted by atomic mass is 16.5. The van der Waals surface area contributed by atoms with Crippen LogP contribution in [0.4, 0.5) is 0 Å². The third-order valence-electron chi connectivity index (χ3n) is 12.4. The average molecular weight is 822 g/mol. The second kappa shape index (κ2) is 43.5. The van der Waals surface area contributed by atoms with Crippen LogP contribution in [0, 0.1) is 17.8 Å². The van der Waals surface area contributed by atoms with E-state index in [2.05, 4.69) is 46.6 Å². The number of hydrogen-bond donors (Lipinski definition) is 0. The van der Waals surface area contributed by atoms with E-state index in [1.807, 2.05) is 0 Å². The predicted octanol–water partition coefficient (Wildman–Crippen LogP) is 14.8. The summed E-state index contributed by atoms with van der Waals surface area (Å²) in [6, 6.07) is 0. The van der Waals surface area contributed by atoms with Crippen LogP contribution in [0.25, 0.3) is 0 Å². The van der Waals surface area contributed by atoms with Crippen molar-refractivity contribution in [3.63, 3.8) is 0 Å². The molecule has 0 aromatic carbocycles. The first-order chi connectivity index (χ1) is 28.3. The molecule has 0 radical (unpaired) electrons.